The number of piperidine rings is 1. The molecule has 3 rings (SSSR count). The van der Waals surface area contributed by atoms with Crippen LogP contribution in [0.2, 0.25) is 0 Å². The van der Waals surface area contributed by atoms with Crippen LogP contribution in [0.25, 0.3) is 0 Å². The van der Waals surface area contributed by atoms with Gasteiger partial charge >= 0.3 is 6.09 Å². The fourth-order valence-corrected chi connectivity index (χ4v) is 3.29. The molecule has 3 heterocycles. The maximum Gasteiger partial charge on any atom is 0.408 e. The zero-order valence-corrected chi connectivity index (χ0v) is 15.3. The van der Waals surface area contributed by atoms with E-state index in [1.165, 1.54) is 0 Å². The van der Waals surface area contributed by atoms with Gasteiger partial charge in [-0.05, 0) is 46.6 Å². The van der Waals surface area contributed by atoms with Gasteiger partial charge in [0.25, 0.3) is 5.91 Å². The van der Waals surface area contributed by atoms with E-state index in [0.717, 1.165) is 37.3 Å². The average molecular weight is 346 g/mol. The van der Waals surface area contributed by atoms with Crippen LogP contribution in [0.3, 0.4) is 0 Å². The first-order chi connectivity index (χ1) is 11.7. The minimum absolute atomic E-state index is 0.0351. The van der Waals surface area contributed by atoms with Crippen molar-refractivity contribution in [3.05, 3.63) is 23.4 Å². The molecule has 2 N–H and O–H groups in total. The predicted octanol–water partition coefficient (Wildman–Crippen LogP) is 2.21. The van der Waals surface area contributed by atoms with Crippen LogP contribution in [0.5, 0.6) is 0 Å². The van der Waals surface area contributed by atoms with Gasteiger partial charge in [-0.2, -0.15) is 0 Å². The standard InChI is InChI=1S/C18H26N4O3/c1-17(2,3)25-16(24)21-18(4)6-9-22(10-7-18)14-13-11-20-15(23)12(13)5-8-19-14/h5,8H,6-7,9-11H2,1-4H3,(H,20,23)(H,21,24). The molecule has 0 unspecified atom stereocenters. The number of amides is 2. The number of pyridine rings is 1. The summed E-state index contributed by atoms with van der Waals surface area (Å²) in [6.45, 7) is 9.68. The molecule has 25 heavy (non-hydrogen) atoms. The van der Waals surface area contributed by atoms with Crippen molar-refractivity contribution in [2.24, 2.45) is 0 Å². The zero-order valence-electron chi connectivity index (χ0n) is 15.3. The summed E-state index contributed by atoms with van der Waals surface area (Å²) in [6.07, 6.45) is 2.89. The van der Waals surface area contributed by atoms with Gasteiger partial charge in [0.2, 0.25) is 0 Å². The second-order valence-electron chi connectivity index (χ2n) is 8.02. The lowest BCUT2D eigenvalue weighted by Gasteiger charge is -2.41. The van der Waals surface area contributed by atoms with Gasteiger partial charge in [0.15, 0.2) is 0 Å². The third-order valence-electron chi connectivity index (χ3n) is 4.67. The summed E-state index contributed by atoms with van der Waals surface area (Å²) in [4.78, 5) is 30.6. The Morgan fingerprint density at radius 1 is 1.36 bits per heavy atom. The Bertz CT molecular complexity index is 688. The van der Waals surface area contributed by atoms with Gasteiger partial charge in [-0.15, -0.1) is 0 Å². The largest absolute Gasteiger partial charge is 0.444 e. The van der Waals surface area contributed by atoms with Crippen LogP contribution in [0.4, 0.5) is 10.6 Å². The number of nitrogens with zero attached hydrogens (tertiary/aromatic N) is 2. The molecule has 0 spiro atoms. The van der Waals surface area contributed by atoms with Crippen LogP contribution in [-0.4, -0.2) is 41.2 Å². The van der Waals surface area contributed by atoms with Crippen LogP contribution in [0.1, 0.15) is 56.5 Å². The molecule has 2 aliphatic heterocycles. The third kappa shape index (κ3) is 3.86. The molecule has 1 aromatic heterocycles. The number of alkyl carbamates (subject to hydrolysis) is 1. The first-order valence-electron chi connectivity index (χ1n) is 8.69. The molecular weight excluding hydrogens is 320 g/mol. The Morgan fingerprint density at radius 2 is 2.04 bits per heavy atom. The smallest absolute Gasteiger partial charge is 0.408 e. The number of carbonyl (C=O) groups is 2. The highest BCUT2D eigenvalue weighted by Crippen LogP contribution is 2.30. The van der Waals surface area contributed by atoms with E-state index < -0.39 is 5.60 Å². The summed E-state index contributed by atoms with van der Waals surface area (Å²) in [6, 6.07) is 1.76. The molecule has 136 valence electrons. The maximum absolute atomic E-state index is 12.1. The van der Waals surface area contributed by atoms with Crippen molar-refractivity contribution in [2.75, 3.05) is 18.0 Å². The summed E-state index contributed by atoms with van der Waals surface area (Å²) in [5.74, 6) is 0.835. The first kappa shape index (κ1) is 17.5. The van der Waals surface area contributed by atoms with E-state index in [0.29, 0.717) is 12.1 Å². The van der Waals surface area contributed by atoms with Gasteiger partial charge in [-0.25, -0.2) is 9.78 Å². The summed E-state index contributed by atoms with van der Waals surface area (Å²) < 4.78 is 5.37. The van der Waals surface area contributed by atoms with Crippen LogP contribution in [-0.2, 0) is 11.3 Å². The molecule has 0 bridgehead atoms. The van der Waals surface area contributed by atoms with Crippen molar-refractivity contribution in [2.45, 2.75) is 58.2 Å². The normalized spacial score (nSPS) is 19.2. The van der Waals surface area contributed by atoms with E-state index in [2.05, 4.69) is 20.5 Å². The fourth-order valence-electron chi connectivity index (χ4n) is 3.29. The van der Waals surface area contributed by atoms with Crippen molar-refractivity contribution in [1.29, 1.82) is 0 Å². The van der Waals surface area contributed by atoms with Gasteiger partial charge < -0.3 is 20.3 Å². The van der Waals surface area contributed by atoms with E-state index in [1.807, 2.05) is 27.7 Å². The van der Waals surface area contributed by atoms with E-state index in [4.69, 9.17) is 4.74 Å². The number of nitrogens with one attached hydrogen (secondary N) is 2. The van der Waals surface area contributed by atoms with Gasteiger partial charge in [0.05, 0.1) is 0 Å². The summed E-state index contributed by atoms with van der Waals surface area (Å²) in [5.41, 5.74) is 0.876. The molecule has 0 aromatic carbocycles. The Kier molecular flexibility index (Phi) is 4.34. The number of fused-ring (bicyclic) bond motifs is 1. The number of rotatable bonds is 2. The number of hydrogen-bond donors (Lipinski definition) is 2. The van der Waals surface area contributed by atoms with E-state index in [9.17, 15) is 9.59 Å². The van der Waals surface area contributed by atoms with E-state index in [1.54, 1.807) is 12.3 Å². The molecule has 1 fully saturated rings. The lowest BCUT2D eigenvalue weighted by atomic mass is 9.89. The topological polar surface area (TPSA) is 83.6 Å². The molecule has 0 saturated carbocycles. The number of aromatic nitrogens is 1. The quantitative estimate of drug-likeness (QED) is 0.858. The Hall–Kier alpha value is -2.31. The number of anilines is 1. The van der Waals surface area contributed by atoms with Crippen LogP contribution >= 0.6 is 0 Å². The lowest BCUT2D eigenvalue weighted by Crippen LogP contribution is -2.54. The molecule has 0 aliphatic carbocycles. The molecule has 7 nitrogen and oxygen atoms in total. The number of hydrogen-bond acceptors (Lipinski definition) is 5. The number of ether oxygens (including phenoxy) is 1. The highest BCUT2D eigenvalue weighted by molar-refractivity contribution is 5.99. The summed E-state index contributed by atoms with van der Waals surface area (Å²) >= 11 is 0. The van der Waals surface area contributed by atoms with Crippen molar-refractivity contribution in [3.8, 4) is 0 Å². The van der Waals surface area contributed by atoms with Gasteiger partial charge in [-0.1, -0.05) is 0 Å². The summed E-state index contributed by atoms with van der Waals surface area (Å²) in [5, 5.41) is 5.86. The second-order valence-corrected chi connectivity index (χ2v) is 8.02. The average Bonchev–Trinajstić information content (AvgIpc) is 2.87. The van der Waals surface area contributed by atoms with Crippen molar-refractivity contribution in [1.82, 2.24) is 15.6 Å². The van der Waals surface area contributed by atoms with Crippen molar-refractivity contribution >= 4 is 17.8 Å². The Labute approximate surface area is 148 Å². The first-order valence-corrected chi connectivity index (χ1v) is 8.69. The van der Waals surface area contributed by atoms with Crippen LogP contribution < -0.4 is 15.5 Å². The van der Waals surface area contributed by atoms with Gasteiger partial charge in [-0.3, -0.25) is 4.79 Å². The van der Waals surface area contributed by atoms with Crippen molar-refractivity contribution < 1.29 is 14.3 Å². The maximum atomic E-state index is 12.1. The Balaban J connectivity index is 1.65. The molecule has 0 atom stereocenters. The Morgan fingerprint density at radius 3 is 2.68 bits per heavy atom. The molecular formula is C18H26N4O3. The highest BCUT2D eigenvalue weighted by Gasteiger charge is 2.35. The number of carbonyl (C=O) groups excluding carboxylic acids is 2. The third-order valence-corrected chi connectivity index (χ3v) is 4.67. The highest BCUT2D eigenvalue weighted by atomic mass is 16.6. The van der Waals surface area contributed by atoms with E-state index >= 15 is 0 Å². The molecule has 2 aliphatic rings. The van der Waals surface area contributed by atoms with E-state index in [-0.39, 0.29) is 17.5 Å². The predicted molar refractivity (Wildman–Crippen MR) is 94.6 cm³/mol. The van der Waals surface area contributed by atoms with Crippen LogP contribution in [0, 0.1) is 0 Å². The van der Waals surface area contributed by atoms with Gasteiger partial charge in [0.1, 0.15) is 11.4 Å². The van der Waals surface area contributed by atoms with Gasteiger partial charge in [0, 0.05) is 42.5 Å². The molecule has 7 heteroatoms. The minimum atomic E-state index is -0.505. The second kappa shape index (κ2) is 6.20. The molecule has 2 amide bonds. The molecule has 1 saturated heterocycles. The van der Waals surface area contributed by atoms with Crippen LogP contribution in [0.15, 0.2) is 12.3 Å². The molecule has 0 radical (unpaired) electrons. The monoisotopic (exact) mass is 346 g/mol. The fraction of sp³-hybridized carbons (Fsp3) is 0.611. The molecule has 1 aromatic rings. The lowest BCUT2D eigenvalue weighted by molar-refractivity contribution is 0.0448. The SMILES string of the molecule is CC1(NC(=O)OC(C)(C)C)CCN(c2nccc3c2CNC3=O)CC1. The summed E-state index contributed by atoms with van der Waals surface area (Å²) in [7, 11) is 0. The minimum Gasteiger partial charge on any atom is -0.444 e. The van der Waals surface area contributed by atoms with Crippen molar-refractivity contribution in [3.63, 3.8) is 0 Å². The zero-order chi connectivity index (χ0) is 18.2.